The van der Waals surface area contributed by atoms with Gasteiger partial charge in [-0.25, -0.2) is 0 Å². The first-order valence-electron chi connectivity index (χ1n) is 4.85. The van der Waals surface area contributed by atoms with Gasteiger partial charge in [0.05, 0.1) is 0 Å². The molecule has 0 unspecified atom stereocenters. The lowest BCUT2D eigenvalue weighted by Gasteiger charge is -2.07. The Hall–Kier alpha value is 0.140. The van der Waals surface area contributed by atoms with Gasteiger partial charge in [0.2, 0.25) is 5.69 Å². The summed E-state index contributed by atoms with van der Waals surface area (Å²) in [5, 5.41) is 0. The van der Waals surface area contributed by atoms with Crippen LogP contribution in [0.4, 0.5) is 0 Å². The van der Waals surface area contributed by atoms with Crippen LogP contribution >= 0.6 is 17.1 Å². The molecule has 0 spiro atoms. The summed E-state index contributed by atoms with van der Waals surface area (Å²) in [5.41, 5.74) is -1.89. The highest BCUT2D eigenvalue weighted by atomic mass is 32.9. The number of rotatable bonds is 5. The fraction of sp³-hybridized carbons (Fsp3) is 0.400. The molecule has 0 aliphatic carbocycles. The maximum absolute atomic E-state index is 9.13. The van der Waals surface area contributed by atoms with E-state index in [1.807, 2.05) is 24.3 Å². The average Bonchev–Trinajstić information content (AvgIpc) is 2.14. The molecule has 15 heavy (non-hydrogen) atoms. The van der Waals surface area contributed by atoms with E-state index in [0.29, 0.717) is 0 Å². The smallest absolute Gasteiger partial charge is 0.246 e. The third-order valence-electron chi connectivity index (χ3n) is 1.97. The quantitative estimate of drug-likeness (QED) is 0.799. The van der Waals surface area contributed by atoms with Crippen LogP contribution in [-0.4, -0.2) is 9.79 Å². The lowest BCUT2D eigenvalue weighted by molar-refractivity contribution is 0.502. The highest BCUT2D eigenvalue weighted by molar-refractivity contribution is 8.67. The van der Waals surface area contributed by atoms with E-state index in [-0.39, 0.29) is 0 Å². The van der Waals surface area contributed by atoms with Gasteiger partial charge >= 0.3 is 0 Å². The number of hydrogen-bond acceptors (Lipinski definition) is 2. The van der Waals surface area contributed by atoms with Crippen molar-refractivity contribution in [3.8, 4) is 0 Å². The summed E-state index contributed by atoms with van der Waals surface area (Å²) in [6.07, 6.45) is 3.45. The molecule has 5 heteroatoms. The van der Waals surface area contributed by atoms with Crippen LogP contribution in [0.25, 0.3) is 0 Å². The van der Waals surface area contributed by atoms with Gasteiger partial charge in [0.15, 0.2) is 0 Å². The van der Waals surface area contributed by atoms with Gasteiger partial charge < -0.3 is 9.79 Å². The molecule has 0 aromatic heterocycles. The van der Waals surface area contributed by atoms with Crippen LogP contribution in [0.1, 0.15) is 25.3 Å². The Balaban J connectivity index is 2.60. The Morgan fingerprint density at radius 2 is 1.87 bits per heavy atom. The molecule has 0 aliphatic rings. The molecule has 0 saturated carbocycles. The molecule has 0 aliphatic heterocycles. The molecule has 2 N–H and O–H groups in total. The van der Waals surface area contributed by atoms with Gasteiger partial charge in [0, 0.05) is 4.90 Å². The van der Waals surface area contributed by atoms with Crippen molar-refractivity contribution >= 4 is 28.9 Å². The van der Waals surface area contributed by atoms with Crippen molar-refractivity contribution in [1.82, 2.24) is 0 Å². The molecule has 0 saturated heterocycles. The third kappa shape index (κ3) is 5.69. The molecular formula is C10H15O2PS2. The summed E-state index contributed by atoms with van der Waals surface area (Å²) in [7, 11) is 0. The van der Waals surface area contributed by atoms with E-state index in [2.05, 4.69) is 18.7 Å². The predicted octanol–water partition coefficient (Wildman–Crippen LogP) is 3.33. The van der Waals surface area contributed by atoms with E-state index in [1.165, 1.54) is 18.4 Å². The van der Waals surface area contributed by atoms with Crippen LogP contribution in [0.15, 0.2) is 29.2 Å². The predicted molar refractivity (Wildman–Crippen MR) is 69.6 cm³/mol. The van der Waals surface area contributed by atoms with Gasteiger partial charge in [-0.1, -0.05) is 25.5 Å². The molecule has 0 amide bonds. The zero-order valence-corrected chi connectivity index (χ0v) is 11.1. The molecule has 0 heterocycles. The van der Waals surface area contributed by atoms with E-state index in [9.17, 15) is 0 Å². The minimum atomic E-state index is -3.17. The second-order valence-corrected chi connectivity index (χ2v) is 9.26. The van der Waals surface area contributed by atoms with Crippen molar-refractivity contribution in [2.75, 3.05) is 0 Å². The monoisotopic (exact) mass is 262 g/mol. The minimum Gasteiger partial charge on any atom is -0.337 e. The van der Waals surface area contributed by atoms with Gasteiger partial charge in [0.1, 0.15) is 0 Å². The van der Waals surface area contributed by atoms with Crippen molar-refractivity contribution in [2.45, 2.75) is 31.1 Å². The largest absolute Gasteiger partial charge is 0.337 e. The summed E-state index contributed by atoms with van der Waals surface area (Å²) < 4.78 is 0. The first-order chi connectivity index (χ1) is 7.01. The zero-order chi connectivity index (χ0) is 11.3. The number of benzene rings is 1. The summed E-state index contributed by atoms with van der Waals surface area (Å²) in [4.78, 5) is 19.1. The lowest BCUT2D eigenvalue weighted by atomic mass is 10.1. The molecule has 1 rings (SSSR count). The van der Waals surface area contributed by atoms with Crippen LogP contribution in [0.3, 0.4) is 0 Å². The van der Waals surface area contributed by atoms with E-state index >= 15 is 0 Å². The van der Waals surface area contributed by atoms with E-state index in [0.717, 1.165) is 22.7 Å². The molecule has 0 fully saturated rings. The van der Waals surface area contributed by atoms with Gasteiger partial charge in [-0.05, 0) is 53.7 Å². The van der Waals surface area contributed by atoms with Crippen LogP contribution in [0.2, 0.25) is 0 Å². The molecule has 84 valence electrons. The molecule has 0 radical (unpaired) electrons. The van der Waals surface area contributed by atoms with Gasteiger partial charge in [-0.2, -0.15) is 0 Å². The molecule has 1 aromatic rings. The average molecular weight is 262 g/mol. The topological polar surface area (TPSA) is 40.5 Å². The molecule has 1 aromatic carbocycles. The van der Waals surface area contributed by atoms with E-state index in [1.54, 1.807) is 0 Å². The van der Waals surface area contributed by atoms with E-state index < -0.39 is 5.69 Å². The zero-order valence-electron chi connectivity index (χ0n) is 8.59. The summed E-state index contributed by atoms with van der Waals surface area (Å²) in [6, 6.07) is 7.82. The minimum absolute atomic E-state index is 0.823. The van der Waals surface area contributed by atoms with Crippen LogP contribution in [-0.2, 0) is 18.2 Å². The second kappa shape index (κ2) is 6.02. The SMILES string of the molecule is CCCCc1ccc(SP(O)(O)=S)cc1. The van der Waals surface area contributed by atoms with Crippen LogP contribution in [0.5, 0.6) is 0 Å². The lowest BCUT2D eigenvalue weighted by Crippen LogP contribution is -1.83. The highest BCUT2D eigenvalue weighted by Crippen LogP contribution is 2.54. The van der Waals surface area contributed by atoms with Crippen molar-refractivity contribution < 1.29 is 9.79 Å². The number of hydrogen-bond donors (Lipinski definition) is 2. The van der Waals surface area contributed by atoms with Crippen LogP contribution in [0, 0.1) is 0 Å². The molecule has 0 bridgehead atoms. The fourth-order valence-corrected chi connectivity index (χ4v) is 3.73. The first-order valence-corrected chi connectivity index (χ1v) is 8.98. The van der Waals surface area contributed by atoms with Crippen molar-refractivity contribution in [1.29, 1.82) is 0 Å². The van der Waals surface area contributed by atoms with Crippen molar-refractivity contribution in [2.24, 2.45) is 0 Å². The maximum atomic E-state index is 9.13. The normalized spacial score (nSPS) is 11.7. The van der Waals surface area contributed by atoms with Gasteiger partial charge in [-0.3, -0.25) is 0 Å². The first kappa shape index (κ1) is 13.2. The Morgan fingerprint density at radius 1 is 1.27 bits per heavy atom. The van der Waals surface area contributed by atoms with Crippen molar-refractivity contribution in [3.05, 3.63) is 29.8 Å². The summed E-state index contributed by atoms with van der Waals surface area (Å²) >= 11 is 5.53. The molecule has 0 atom stereocenters. The Bertz CT molecular complexity index is 345. The number of unbranched alkanes of at least 4 members (excludes halogenated alkanes) is 1. The van der Waals surface area contributed by atoms with E-state index in [4.69, 9.17) is 9.79 Å². The highest BCUT2D eigenvalue weighted by Gasteiger charge is 2.09. The Labute approximate surface area is 99.6 Å². The fourth-order valence-electron chi connectivity index (χ4n) is 1.24. The maximum Gasteiger partial charge on any atom is 0.246 e. The standard InChI is InChI=1S/C10H15O2PS2/c1-2-3-4-9-5-7-10(8-6-9)15-13(11,12)14/h5-8H,2-4H2,1H3,(H2,11,12,14). The third-order valence-corrected chi connectivity index (χ3v) is 4.70. The number of aryl methyl sites for hydroxylation is 1. The molecular weight excluding hydrogens is 247 g/mol. The molecule has 2 nitrogen and oxygen atoms in total. The van der Waals surface area contributed by atoms with Crippen molar-refractivity contribution in [3.63, 3.8) is 0 Å². The van der Waals surface area contributed by atoms with Gasteiger partial charge in [0.25, 0.3) is 0 Å². The summed E-state index contributed by atoms with van der Waals surface area (Å²) in [5.74, 6) is 0. The van der Waals surface area contributed by atoms with Gasteiger partial charge in [-0.15, -0.1) is 0 Å². The Morgan fingerprint density at radius 3 is 2.33 bits per heavy atom. The van der Waals surface area contributed by atoms with Crippen LogP contribution < -0.4 is 0 Å². The summed E-state index contributed by atoms with van der Waals surface area (Å²) in [6.45, 7) is 2.16. The second-order valence-electron chi connectivity index (χ2n) is 3.33. The Kier molecular flexibility index (Phi) is 5.30.